The number of amides is 1. The SMILES string of the molecule is O=C(Nc1ccc(S(=O)(=O)Cl)cc1)c1ccc(F)cc1Br. The second-order valence-electron chi connectivity index (χ2n) is 4.04. The van der Waals surface area contributed by atoms with Gasteiger partial charge in [0.25, 0.3) is 15.0 Å². The monoisotopic (exact) mass is 391 g/mol. The number of carbonyl (C=O) groups is 1. The van der Waals surface area contributed by atoms with Crippen LogP contribution < -0.4 is 5.32 Å². The van der Waals surface area contributed by atoms with Crippen LogP contribution in [0.1, 0.15) is 10.4 Å². The Hall–Kier alpha value is -1.44. The summed E-state index contributed by atoms with van der Waals surface area (Å²) in [6.07, 6.45) is 0. The summed E-state index contributed by atoms with van der Waals surface area (Å²) >= 11 is 3.10. The smallest absolute Gasteiger partial charge is 0.261 e. The van der Waals surface area contributed by atoms with Gasteiger partial charge in [0.2, 0.25) is 0 Å². The van der Waals surface area contributed by atoms with Crippen LogP contribution in [0.5, 0.6) is 0 Å². The summed E-state index contributed by atoms with van der Waals surface area (Å²) in [6.45, 7) is 0. The van der Waals surface area contributed by atoms with Gasteiger partial charge in [-0.3, -0.25) is 4.79 Å². The fourth-order valence-electron chi connectivity index (χ4n) is 1.57. The van der Waals surface area contributed by atoms with E-state index in [0.717, 1.165) is 0 Å². The molecule has 0 fully saturated rings. The number of nitrogens with one attached hydrogen (secondary N) is 1. The molecule has 0 saturated carbocycles. The molecule has 0 aliphatic carbocycles. The molecule has 8 heteroatoms. The molecule has 0 bridgehead atoms. The number of carbonyl (C=O) groups excluding carboxylic acids is 1. The third-order valence-electron chi connectivity index (χ3n) is 2.57. The minimum absolute atomic E-state index is 0.0647. The van der Waals surface area contributed by atoms with E-state index in [2.05, 4.69) is 21.2 Å². The summed E-state index contributed by atoms with van der Waals surface area (Å²) in [5, 5.41) is 2.57. The predicted molar refractivity (Wildman–Crippen MR) is 81.5 cm³/mol. The first kappa shape index (κ1) is 15.9. The van der Waals surface area contributed by atoms with Crippen molar-refractivity contribution in [3.63, 3.8) is 0 Å². The third kappa shape index (κ3) is 4.03. The van der Waals surface area contributed by atoms with Crippen LogP contribution in [-0.4, -0.2) is 14.3 Å². The standard InChI is InChI=1S/C13H8BrClFNO3S/c14-12-7-8(16)1-6-11(12)13(18)17-9-2-4-10(5-3-9)21(15,19)20/h1-7H,(H,17,18). The lowest BCUT2D eigenvalue weighted by Crippen LogP contribution is -2.12. The van der Waals surface area contributed by atoms with Crippen molar-refractivity contribution in [1.82, 2.24) is 0 Å². The average molecular weight is 393 g/mol. The number of hydrogen-bond donors (Lipinski definition) is 1. The molecule has 1 N–H and O–H groups in total. The Bertz CT molecular complexity index is 794. The van der Waals surface area contributed by atoms with E-state index in [1.807, 2.05) is 0 Å². The highest BCUT2D eigenvalue weighted by molar-refractivity contribution is 9.10. The second-order valence-corrected chi connectivity index (χ2v) is 7.46. The molecule has 0 spiro atoms. The zero-order valence-corrected chi connectivity index (χ0v) is 13.5. The van der Waals surface area contributed by atoms with Gasteiger partial charge in [0, 0.05) is 20.8 Å². The number of hydrogen-bond acceptors (Lipinski definition) is 3. The molecule has 1 amide bonds. The van der Waals surface area contributed by atoms with E-state index in [9.17, 15) is 17.6 Å². The second kappa shape index (κ2) is 6.13. The van der Waals surface area contributed by atoms with Crippen LogP contribution in [0.3, 0.4) is 0 Å². The Morgan fingerprint density at radius 3 is 2.29 bits per heavy atom. The highest BCUT2D eigenvalue weighted by atomic mass is 79.9. The summed E-state index contributed by atoms with van der Waals surface area (Å²) in [6, 6.07) is 9.05. The molecule has 2 aromatic rings. The van der Waals surface area contributed by atoms with Gasteiger partial charge in [-0.2, -0.15) is 0 Å². The summed E-state index contributed by atoms with van der Waals surface area (Å²) in [4.78, 5) is 12.0. The van der Waals surface area contributed by atoms with Crippen LogP contribution in [0.25, 0.3) is 0 Å². The van der Waals surface area contributed by atoms with Gasteiger partial charge in [-0.25, -0.2) is 12.8 Å². The zero-order valence-electron chi connectivity index (χ0n) is 10.3. The third-order valence-corrected chi connectivity index (χ3v) is 4.60. The fourth-order valence-corrected chi connectivity index (χ4v) is 2.87. The molecule has 4 nitrogen and oxygen atoms in total. The van der Waals surface area contributed by atoms with Gasteiger partial charge >= 0.3 is 0 Å². The lowest BCUT2D eigenvalue weighted by atomic mass is 10.2. The van der Waals surface area contributed by atoms with E-state index >= 15 is 0 Å². The van der Waals surface area contributed by atoms with Crippen molar-refractivity contribution in [2.45, 2.75) is 4.90 Å². The van der Waals surface area contributed by atoms with Gasteiger partial charge in [0.05, 0.1) is 10.5 Å². The molecule has 0 radical (unpaired) electrons. The molecule has 0 aliphatic rings. The van der Waals surface area contributed by atoms with Crippen LogP contribution in [-0.2, 0) is 9.05 Å². The lowest BCUT2D eigenvalue weighted by Gasteiger charge is -2.07. The van der Waals surface area contributed by atoms with E-state index in [0.29, 0.717) is 10.2 Å². The predicted octanol–water partition coefficient (Wildman–Crippen LogP) is 3.77. The van der Waals surface area contributed by atoms with Gasteiger partial charge < -0.3 is 5.32 Å². The Morgan fingerprint density at radius 2 is 1.76 bits per heavy atom. The highest BCUT2D eigenvalue weighted by Gasteiger charge is 2.13. The van der Waals surface area contributed by atoms with Gasteiger partial charge in [-0.1, -0.05) is 0 Å². The number of halogens is 3. The molecule has 0 saturated heterocycles. The van der Waals surface area contributed by atoms with Crippen molar-refractivity contribution < 1.29 is 17.6 Å². The quantitative estimate of drug-likeness (QED) is 0.809. The largest absolute Gasteiger partial charge is 0.322 e. The molecule has 21 heavy (non-hydrogen) atoms. The maximum atomic E-state index is 13.0. The minimum Gasteiger partial charge on any atom is -0.322 e. The van der Waals surface area contributed by atoms with Crippen LogP contribution in [0.4, 0.5) is 10.1 Å². The molecule has 0 heterocycles. The number of anilines is 1. The summed E-state index contributed by atoms with van der Waals surface area (Å²) in [5.41, 5.74) is 0.644. The van der Waals surface area contributed by atoms with Crippen molar-refractivity contribution >= 4 is 47.3 Å². The van der Waals surface area contributed by atoms with E-state index in [1.165, 1.54) is 42.5 Å². The normalized spacial score (nSPS) is 11.2. The first-order valence-corrected chi connectivity index (χ1v) is 8.69. The van der Waals surface area contributed by atoms with Crippen molar-refractivity contribution in [2.24, 2.45) is 0 Å². The van der Waals surface area contributed by atoms with Gasteiger partial charge in [-0.05, 0) is 58.4 Å². The molecular formula is C13H8BrClFNO3S. The number of benzene rings is 2. The first-order chi connectivity index (χ1) is 9.77. The van der Waals surface area contributed by atoms with Crippen molar-refractivity contribution in [2.75, 3.05) is 5.32 Å². The maximum Gasteiger partial charge on any atom is 0.261 e. The van der Waals surface area contributed by atoms with E-state index in [1.54, 1.807) is 0 Å². The van der Waals surface area contributed by atoms with Gasteiger partial charge in [0.1, 0.15) is 5.82 Å². The van der Waals surface area contributed by atoms with Crippen LogP contribution in [0.15, 0.2) is 51.8 Å². The maximum absolute atomic E-state index is 13.0. The van der Waals surface area contributed by atoms with Crippen molar-refractivity contribution in [3.8, 4) is 0 Å². The molecule has 0 aliphatic heterocycles. The van der Waals surface area contributed by atoms with Crippen LogP contribution >= 0.6 is 26.6 Å². The summed E-state index contributed by atoms with van der Waals surface area (Å²) in [5.74, 6) is -0.918. The summed E-state index contributed by atoms with van der Waals surface area (Å²) < 4.78 is 35.5. The molecule has 2 aromatic carbocycles. The van der Waals surface area contributed by atoms with Crippen molar-refractivity contribution in [1.29, 1.82) is 0 Å². The van der Waals surface area contributed by atoms with Gasteiger partial charge in [-0.15, -0.1) is 0 Å². The molecule has 0 aromatic heterocycles. The molecule has 0 atom stereocenters. The first-order valence-electron chi connectivity index (χ1n) is 5.58. The zero-order chi connectivity index (χ0) is 15.6. The van der Waals surface area contributed by atoms with E-state index in [4.69, 9.17) is 10.7 Å². The Balaban J connectivity index is 2.20. The van der Waals surface area contributed by atoms with Crippen LogP contribution in [0, 0.1) is 5.82 Å². The molecule has 2 rings (SSSR count). The number of rotatable bonds is 3. The minimum atomic E-state index is -3.80. The van der Waals surface area contributed by atoms with Gasteiger partial charge in [0.15, 0.2) is 0 Å². The average Bonchev–Trinajstić information content (AvgIpc) is 2.38. The molecular weight excluding hydrogens is 385 g/mol. The molecule has 0 unspecified atom stereocenters. The molecule has 110 valence electrons. The van der Waals surface area contributed by atoms with E-state index in [-0.39, 0.29) is 10.5 Å². The Morgan fingerprint density at radius 1 is 1.14 bits per heavy atom. The lowest BCUT2D eigenvalue weighted by molar-refractivity contribution is 0.102. The highest BCUT2D eigenvalue weighted by Crippen LogP contribution is 2.21. The van der Waals surface area contributed by atoms with Crippen molar-refractivity contribution in [3.05, 3.63) is 58.3 Å². The fraction of sp³-hybridized carbons (Fsp3) is 0. The summed E-state index contributed by atoms with van der Waals surface area (Å²) in [7, 11) is 1.39. The Kier molecular flexibility index (Phi) is 4.65. The topological polar surface area (TPSA) is 63.2 Å². The van der Waals surface area contributed by atoms with E-state index < -0.39 is 20.8 Å². The van der Waals surface area contributed by atoms with Crippen LogP contribution in [0.2, 0.25) is 0 Å². The Labute approximate surface area is 133 Å².